The first-order valence-electron chi connectivity index (χ1n) is 9.95. The van der Waals surface area contributed by atoms with Crippen molar-refractivity contribution in [2.75, 3.05) is 33.3 Å². The third kappa shape index (κ3) is 3.48. The van der Waals surface area contributed by atoms with E-state index in [9.17, 15) is 0 Å². The van der Waals surface area contributed by atoms with E-state index in [4.69, 9.17) is 4.74 Å². The Hall–Kier alpha value is -1.06. The fourth-order valence-corrected chi connectivity index (χ4v) is 5.11. The fraction of sp³-hybridized carbons (Fsp3) is 0.714. The molecule has 2 fully saturated rings. The molecule has 2 saturated heterocycles. The molecule has 2 heterocycles. The van der Waals surface area contributed by atoms with Crippen LogP contribution in [0.15, 0.2) is 12.1 Å². The van der Waals surface area contributed by atoms with Crippen molar-refractivity contribution in [1.82, 2.24) is 10.2 Å². The molecule has 1 N–H and O–H groups in total. The van der Waals surface area contributed by atoms with Gasteiger partial charge in [-0.3, -0.25) is 4.90 Å². The number of nitrogens with one attached hydrogen (secondary N) is 1. The summed E-state index contributed by atoms with van der Waals surface area (Å²) in [5, 5.41) is 3.50. The van der Waals surface area contributed by atoms with Crippen molar-refractivity contribution in [2.24, 2.45) is 11.8 Å². The highest BCUT2D eigenvalue weighted by Crippen LogP contribution is 2.34. The first-order valence-corrected chi connectivity index (χ1v) is 9.95. The van der Waals surface area contributed by atoms with E-state index >= 15 is 0 Å². The topological polar surface area (TPSA) is 24.5 Å². The van der Waals surface area contributed by atoms with Crippen molar-refractivity contribution < 1.29 is 4.74 Å². The van der Waals surface area contributed by atoms with E-state index in [1.54, 1.807) is 5.56 Å². The van der Waals surface area contributed by atoms with Gasteiger partial charge in [0.15, 0.2) is 0 Å². The van der Waals surface area contributed by atoms with Gasteiger partial charge in [-0.25, -0.2) is 0 Å². The third-order valence-electron chi connectivity index (χ3n) is 6.57. The molecule has 1 aromatic carbocycles. The van der Waals surface area contributed by atoms with Gasteiger partial charge in [0.25, 0.3) is 0 Å². The zero-order chi connectivity index (χ0) is 16.4. The van der Waals surface area contributed by atoms with Crippen molar-refractivity contribution >= 4 is 0 Å². The molecule has 3 aliphatic rings. The number of hydrogen-bond donors (Lipinski definition) is 1. The molecule has 132 valence electrons. The van der Waals surface area contributed by atoms with Crippen LogP contribution in [0.2, 0.25) is 0 Å². The van der Waals surface area contributed by atoms with Crippen LogP contribution in [0, 0.1) is 11.8 Å². The van der Waals surface area contributed by atoms with Crippen molar-refractivity contribution in [3.05, 3.63) is 28.8 Å². The van der Waals surface area contributed by atoms with Crippen LogP contribution in [-0.2, 0) is 19.4 Å². The molecule has 3 nitrogen and oxygen atoms in total. The van der Waals surface area contributed by atoms with Gasteiger partial charge in [0.05, 0.1) is 7.11 Å². The molecule has 1 aliphatic carbocycles. The first kappa shape index (κ1) is 16.4. The molecular formula is C21H32N2O. The Morgan fingerprint density at radius 2 is 1.67 bits per heavy atom. The molecule has 0 unspecified atom stereocenters. The summed E-state index contributed by atoms with van der Waals surface area (Å²) in [5.41, 5.74) is 4.48. The number of benzene rings is 1. The number of ether oxygens (including phenoxy) is 1. The van der Waals surface area contributed by atoms with Crippen LogP contribution in [0.5, 0.6) is 5.75 Å². The molecule has 0 atom stereocenters. The Labute approximate surface area is 146 Å². The molecule has 24 heavy (non-hydrogen) atoms. The number of hydrogen-bond acceptors (Lipinski definition) is 3. The summed E-state index contributed by atoms with van der Waals surface area (Å²) in [5.74, 6) is 3.05. The van der Waals surface area contributed by atoms with Gasteiger partial charge in [-0.05, 0) is 100 Å². The van der Waals surface area contributed by atoms with E-state index < -0.39 is 0 Å². The fourth-order valence-electron chi connectivity index (χ4n) is 5.11. The molecule has 4 rings (SSSR count). The van der Waals surface area contributed by atoms with Crippen molar-refractivity contribution in [2.45, 2.75) is 51.5 Å². The summed E-state index contributed by atoms with van der Waals surface area (Å²) < 4.78 is 5.69. The van der Waals surface area contributed by atoms with Crippen molar-refractivity contribution in [1.29, 1.82) is 0 Å². The molecule has 0 radical (unpaired) electrons. The lowest BCUT2D eigenvalue weighted by molar-refractivity contribution is 0.125. The standard InChI is InChI=1S/C21H32N2O/c1-24-21-14-19-4-2-3-18(19)13-20(21)15-23-11-7-17(8-12-23)16-5-9-22-10-6-16/h13-14,16-17,22H,2-12,15H2,1H3. The Balaban J connectivity index is 1.37. The predicted octanol–water partition coefficient (Wildman–Crippen LogP) is 3.40. The number of fused-ring (bicyclic) bond motifs is 1. The highest BCUT2D eigenvalue weighted by molar-refractivity contribution is 5.44. The highest BCUT2D eigenvalue weighted by Gasteiger charge is 2.28. The normalized spacial score (nSPS) is 23.4. The van der Waals surface area contributed by atoms with Crippen LogP contribution in [0.4, 0.5) is 0 Å². The Morgan fingerprint density at radius 1 is 1.00 bits per heavy atom. The van der Waals surface area contributed by atoms with Crippen LogP contribution < -0.4 is 10.1 Å². The van der Waals surface area contributed by atoms with E-state index in [-0.39, 0.29) is 0 Å². The number of likely N-dealkylation sites (tertiary alicyclic amines) is 1. The SMILES string of the molecule is COc1cc2c(cc1CN1CCC(C3CCNCC3)CC1)CCC2. The average Bonchev–Trinajstić information content (AvgIpc) is 3.09. The van der Waals surface area contributed by atoms with Gasteiger partial charge in [0.2, 0.25) is 0 Å². The van der Waals surface area contributed by atoms with E-state index in [0.29, 0.717) is 0 Å². The van der Waals surface area contributed by atoms with Gasteiger partial charge in [-0.1, -0.05) is 6.07 Å². The minimum atomic E-state index is 0.963. The molecule has 0 bridgehead atoms. The summed E-state index contributed by atoms with van der Waals surface area (Å²) in [7, 11) is 1.82. The maximum absolute atomic E-state index is 5.69. The van der Waals surface area contributed by atoms with E-state index in [1.807, 2.05) is 7.11 Å². The summed E-state index contributed by atoms with van der Waals surface area (Å²) in [4.78, 5) is 2.65. The smallest absolute Gasteiger partial charge is 0.123 e. The van der Waals surface area contributed by atoms with E-state index in [1.165, 1.54) is 82.3 Å². The Bertz CT molecular complexity index is 557. The van der Waals surface area contributed by atoms with E-state index in [2.05, 4.69) is 22.3 Å². The van der Waals surface area contributed by atoms with Gasteiger partial charge < -0.3 is 10.1 Å². The zero-order valence-electron chi connectivity index (χ0n) is 15.2. The van der Waals surface area contributed by atoms with Crippen LogP contribution in [0.1, 0.15) is 48.8 Å². The second-order valence-corrected chi connectivity index (χ2v) is 7.99. The molecule has 0 spiro atoms. The zero-order valence-corrected chi connectivity index (χ0v) is 15.2. The average molecular weight is 329 g/mol. The third-order valence-corrected chi connectivity index (χ3v) is 6.57. The Kier molecular flexibility index (Phi) is 5.09. The number of piperidine rings is 2. The molecule has 2 aliphatic heterocycles. The van der Waals surface area contributed by atoms with Gasteiger partial charge >= 0.3 is 0 Å². The summed E-state index contributed by atoms with van der Waals surface area (Å²) in [6, 6.07) is 4.74. The molecule has 1 aromatic rings. The first-order chi connectivity index (χ1) is 11.8. The lowest BCUT2D eigenvalue weighted by atomic mass is 9.79. The van der Waals surface area contributed by atoms with Gasteiger partial charge in [-0.2, -0.15) is 0 Å². The number of aryl methyl sites for hydroxylation is 2. The van der Waals surface area contributed by atoms with E-state index in [0.717, 1.165) is 24.1 Å². The molecule has 0 amide bonds. The predicted molar refractivity (Wildman–Crippen MR) is 98.6 cm³/mol. The van der Waals surface area contributed by atoms with Crippen molar-refractivity contribution in [3.8, 4) is 5.75 Å². The summed E-state index contributed by atoms with van der Waals surface area (Å²) in [6.07, 6.45) is 9.35. The number of methoxy groups -OCH3 is 1. The van der Waals surface area contributed by atoms with Gasteiger partial charge in [0.1, 0.15) is 5.75 Å². The molecular weight excluding hydrogens is 296 g/mol. The van der Waals surface area contributed by atoms with Crippen molar-refractivity contribution in [3.63, 3.8) is 0 Å². The summed E-state index contributed by atoms with van der Waals surface area (Å²) in [6.45, 7) is 6.05. The maximum Gasteiger partial charge on any atom is 0.123 e. The van der Waals surface area contributed by atoms with Crippen LogP contribution in [0.3, 0.4) is 0 Å². The quantitative estimate of drug-likeness (QED) is 0.917. The molecule has 0 aromatic heterocycles. The Morgan fingerprint density at radius 3 is 2.38 bits per heavy atom. The number of nitrogens with zero attached hydrogens (tertiary/aromatic N) is 1. The summed E-state index contributed by atoms with van der Waals surface area (Å²) >= 11 is 0. The van der Waals surface area contributed by atoms with Gasteiger partial charge in [-0.15, -0.1) is 0 Å². The lowest BCUT2D eigenvalue weighted by Gasteiger charge is -2.38. The second-order valence-electron chi connectivity index (χ2n) is 7.99. The number of rotatable bonds is 4. The van der Waals surface area contributed by atoms with Crippen LogP contribution in [0.25, 0.3) is 0 Å². The van der Waals surface area contributed by atoms with Crippen LogP contribution >= 0.6 is 0 Å². The highest BCUT2D eigenvalue weighted by atomic mass is 16.5. The maximum atomic E-state index is 5.69. The minimum absolute atomic E-state index is 0.963. The molecule has 0 saturated carbocycles. The van der Waals surface area contributed by atoms with Crippen LogP contribution in [-0.4, -0.2) is 38.2 Å². The minimum Gasteiger partial charge on any atom is -0.496 e. The monoisotopic (exact) mass is 328 g/mol. The molecule has 3 heteroatoms. The lowest BCUT2D eigenvalue weighted by Crippen LogP contribution is -2.39. The van der Waals surface area contributed by atoms with Gasteiger partial charge in [0, 0.05) is 12.1 Å². The second kappa shape index (κ2) is 7.45. The largest absolute Gasteiger partial charge is 0.496 e.